The normalized spacial score (nSPS) is 17.9. The van der Waals surface area contributed by atoms with Gasteiger partial charge in [0.2, 0.25) is 0 Å². The molecule has 0 radical (unpaired) electrons. The van der Waals surface area contributed by atoms with Gasteiger partial charge in [-0.25, -0.2) is 5.06 Å². The van der Waals surface area contributed by atoms with Gasteiger partial charge in [0.05, 0.1) is 13.7 Å². The van der Waals surface area contributed by atoms with Gasteiger partial charge >= 0.3 is 0 Å². The summed E-state index contributed by atoms with van der Waals surface area (Å²) >= 11 is 0. The minimum absolute atomic E-state index is 0.206. The third-order valence-corrected chi connectivity index (χ3v) is 2.40. The van der Waals surface area contributed by atoms with Gasteiger partial charge in [-0.1, -0.05) is 6.92 Å². The van der Waals surface area contributed by atoms with Crippen molar-refractivity contribution in [3.8, 4) is 0 Å². The maximum Gasteiger partial charge on any atom is 0.277 e. The lowest BCUT2D eigenvalue weighted by molar-refractivity contribution is -0.196. The molecule has 0 spiro atoms. The molecule has 0 heterocycles. The molecule has 108 valence electrons. The molecule has 0 aromatic carbocycles. The van der Waals surface area contributed by atoms with E-state index in [0.717, 1.165) is 5.06 Å². The van der Waals surface area contributed by atoms with E-state index in [0.29, 0.717) is 6.42 Å². The van der Waals surface area contributed by atoms with Crippen molar-refractivity contribution >= 4 is 5.91 Å². The first-order chi connectivity index (χ1) is 8.40. The van der Waals surface area contributed by atoms with Crippen LogP contribution in [-0.4, -0.2) is 81.2 Å². The molecule has 0 bridgehead atoms. The lowest BCUT2D eigenvalue weighted by Crippen LogP contribution is -2.52. The first-order valence-corrected chi connectivity index (χ1v) is 5.59. The minimum atomic E-state index is -1.95. The Hall–Kier alpha value is -0.770. The zero-order valence-corrected chi connectivity index (χ0v) is 10.4. The number of amides is 1. The van der Waals surface area contributed by atoms with E-state index in [9.17, 15) is 20.1 Å². The molecule has 0 aliphatic heterocycles. The van der Waals surface area contributed by atoms with Gasteiger partial charge in [0.1, 0.15) is 18.3 Å². The Kier molecular flexibility index (Phi) is 8.00. The molecular weight excluding hydrogens is 246 g/mol. The summed E-state index contributed by atoms with van der Waals surface area (Å²) in [5, 5.41) is 46.9. The van der Waals surface area contributed by atoms with Crippen molar-refractivity contribution in [2.75, 3.05) is 20.3 Å². The van der Waals surface area contributed by atoms with Gasteiger partial charge < -0.3 is 25.5 Å². The topological polar surface area (TPSA) is 131 Å². The second kappa shape index (κ2) is 8.35. The van der Waals surface area contributed by atoms with E-state index in [4.69, 9.17) is 15.1 Å². The average Bonchev–Trinajstić information content (AvgIpc) is 2.40. The molecule has 0 saturated heterocycles. The Morgan fingerprint density at radius 2 is 1.78 bits per heavy atom. The zero-order valence-electron chi connectivity index (χ0n) is 10.4. The van der Waals surface area contributed by atoms with Crippen molar-refractivity contribution in [1.29, 1.82) is 0 Å². The van der Waals surface area contributed by atoms with Crippen molar-refractivity contribution in [2.24, 2.45) is 0 Å². The Bertz CT molecular complexity index is 250. The highest BCUT2D eigenvalue weighted by Crippen LogP contribution is 2.08. The van der Waals surface area contributed by atoms with E-state index < -0.39 is 36.9 Å². The standard InChI is InChI=1S/C10H21NO7/c1-3-4-11(18-2)10(17)9(16)8(15)7(14)6(13)5-12/h6-9,12-16H,3-5H2,1-2H3/t6-,7-,8+,9-/m1/s1. The number of rotatable bonds is 8. The summed E-state index contributed by atoms with van der Waals surface area (Å²) in [6.07, 6.45) is -6.79. The van der Waals surface area contributed by atoms with Crippen LogP contribution >= 0.6 is 0 Å². The molecule has 18 heavy (non-hydrogen) atoms. The second-order valence-electron chi connectivity index (χ2n) is 3.80. The molecule has 0 saturated carbocycles. The number of aliphatic hydroxyl groups excluding tert-OH is 5. The third kappa shape index (κ3) is 4.48. The summed E-state index contributed by atoms with van der Waals surface area (Å²) in [7, 11) is 1.23. The van der Waals surface area contributed by atoms with Gasteiger partial charge in [0.15, 0.2) is 6.10 Å². The zero-order chi connectivity index (χ0) is 14.3. The van der Waals surface area contributed by atoms with Crippen molar-refractivity contribution < 1.29 is 35.2 Å². The lowest BCUT2D eigenvalue weighted by atomic mass is 10.0. The summed E-state index contributed by atoms with van der Waals surface area (Å²) < 4.78 is 0. The molecule has 0 fully saturated rings. The van der Waals surface area contributed by atoms with Crippen LogP contribution in [0.1, 0.15) is 13.3 Å². The first-order valence-electron chi connectivity index (χ1n) is 5.59. The molecule has 0 aliphatic rings. The lowest BCUT2D eigenvalue weighted by Gasteiger charge is -2.28. The van der Waals surface area contributed by atoms with E-state index in [1.54, 1.807) is 6.92 Å². The van der Waals surface area contributed by atoms with Gasteiger partial charge in [0.25, 0.3) is 5.91 Å². The summed E-state index contributed by atoms with van der Waals surface area (Å²) in [5.41, 5.74) is 0. The fraction of sp³-hybridized carbons (Fsp3) is 0.900. The van der Waals surface area contributed by atoms with Crippen LogP contribution in [-0.2, 0) is 9.63 Å². The monoisotopic (exact) mass is 267 g/mol. The van der Waals surface area contributed by atoms with Crippen LogP contribution in [0, 0.1) is 0 Å². The van der Waals surface area contributed by atoms with Gasteiger partial charge in [-0.15, -0.1) is 0 Å². The van der Waals surface area contributed by atoms with Crippen LogP contribution < -0.4 is 0 Å². The molecule has 0 aromatic heterocycles. The Labute approximate surface area is 105 Å². The second-order valence-corrected chi connectivity index (χ2v) is 3.80. The first kappa shape index (κ1) is 17.2. The highest BCUT2D eigenvalue weighted by atomic mass is 16.7. The largest absolute Gasteiger partial charge is 0.394 e. The number of hydroxylamine groups is 2. The van der Waals surface area contributed by atoms with E-state index >= 15 is 0 Å². The number of carbonyl (C=O) groups is 1. The van der Waals surface area contributed by atoms with Crippen LogP contribution in [0.2, 0.25) is 0 Å². The van der Waals surface area contributed by atoms with Crippen molar-refractivity contribution in [1.82, 2.24) is 5.06 Å². The fourth-order valence-corrected chi connectivity index (χ4v) is 1.31. The maximum atomic E-state index is 11.7. The molecule has 0 aliphatic carbocycles. The number of hydrogen-bond acceptors (Lipinski definition) is 7. The summed E-state index contributed by atoms with van der Waals surface area (Å²) in [4.78, 5) is 16.4. The quantitative estimate of drug-likeness (QED) is 0.301. The third-order valence-electron chi connectivity index (χ3n) is 2.40. The summed E-state index contributed by atoms with van der Waals surface area (Å²) in [6, 6.07) is 0. The molecular formula is C10H21NO7. The SMILES string of the molecule is CCCN(OC)C(=O)[C@H](O)[C@@H](O)[C@H](O)[C@H](O)CO. The Balaban J connectivity index is 4.61. The van der Waals surface area contributed by atoms with Crippen LogP contribution in [0.5, 0.6) is 0 Å². The predicted molar refractivity (Wildman–Crippen MR) is 60.1 cm³/mol. The van der Waals surface area contributed by atoms with Crippen LogP contribution in [0.4, 0.5) is 0 Å². The van der Waals surface area contributed by atoms with E-state index in [1.807, 2.05) is 0 Å². The molecule has 4 atom stereocenters. The van der Waals surface area contributed by atoms with Gasteiger partial charge in [-0.05, 0) is 6.42 Å². The highest BCUT2D eigenvalue weighted by Gasteiger charge is 2.36. The number of nitrogens with zero attached hydrogens (tertiary/aromatic N) is 1. The van der Waals surface area contributed by atoms with Crippen LogP contribution in [0.25, 0.3) is 0 Å². The smallest absolute Gasteiger partial charge is 0.277 e. The van der Waals surface area contributed by atoms with Gasteiger partial charge in [-0.3, -0.25) is 9.63 Å². The molecule has 0 aromatic rings. The molecule has 8 nitrogen and oxygen atoms in total. The van der Waals surface area contributed by atoms with E-state index in [-0.39, 0.29) is 6.54 Å². The van der Waals surface area contributed by atoms with Crippen LogP contribution in [0.3, 0.4) is 0 Å². The van der Waals surface area contributed by atoms with Crippen LogP contribution in [0.15, 0.2) is 0 Å². The maximum absolute atomic E-state index is 11.7. The molecule has 1 amide bonds. The average molecular weight is 267 g/mol. The summed E-state index contributed by atoms with van der Waals surface area (Å²) in [5.74, 6) is -0.934. The van der Waals surface area contributed by atoms with Gasteiger partial charge in [-0.2, -0.15) is 0 Å². The Morgan fingerprint density at radius 1 is 1.22 bits per heavy atom. The summed E-state index contributed by atoms with van der Waals surface area (Å²) in [6.45, 7) is 1.19. The molecule has 0 unspecified atom stereocenters. The number of aliphatic hydroxyl groups is 5. The van der Waals surface area contributed by atoms with E-state index in [1.165, 1.54) is 7.11 Å². The molecule has 8 heteroatoms. The predicted octanol–water partition coefficient (Wildman–Crippen LogP) is -2.78. The fourth-order valence-electron chi connectivity index (χ4n) is 1.31. The number of carbonyl (C=O) groups excluding carboxylic acids is 1. The van der Waals surface area contributed by atoms with Gasteiger partial charge in [0, 0.05) is 6.54 Å². The molecule has 5 N–H and O–H groups in total. The number of hydrogen-bond donors (Lipinski definition) is 5. The molecule has 0 rings (SSSR count). The van der Waals surface area contributed by atoms with E-state index in [2.05, 4.69) is 0 Å². The highest BCUT2D eigenvalue weighted by molar-refractivity contribution is 5.80. The minimum Gasteiger partial charge on any atom is -0.394 e. The van der Waals surface area contributed by atoms with Crippen molar-refractivity contribution in [3.63, 3.8) is 0 Å². The Morgan fingerprint density at radius 3 is 2.17 bits per heavy atom. The van der Waals surface area contributed by atoms with Crippen molar-refractivity contribution in [3.05, 3.63) is 0 Å². The van der Waals surface area contributed by atoms with Crippen molar-refractivity contribution in [2.45, 2.75) is 37.8 Å².